The number of halogens is 1. The van der Waals surface area contributed by atoms with Gasteiger partial charge in [-0.15, -0.1) is 11.8 Å². The summed E-state index contributed by atoms with van der Waals surface area (Å²) in [7, 11) is 0. The van der Waals surface area contributed by atoms with E-state index in [1.54, 1.807) is 18.0 Å². The zero-order chi connectivity index (χ0) is 13.9. The van der Waals surface area contributed by atoms with E-state index in [0.29, 0.717) is 19.8 Å². The molecule has 1 rings (SSSR count). The monoisotopic (exact) mass is 349 g/mol. The molecule has 1 aromatic heterocycles. The lowest BCUT2D eigenvalue weighted by atomic mass is 10.2. The first-order valence-corrected chi connectivity index (χ1v) is 8.30. The molecule has 6 heteroatoms. The highest BCUT2D eigenvalue weighted by atomic mass is 79.9. The summed E-state index contributed by atoms with van der Waals surface area (Å²) in [5.41, 5.74) is 1.80. The summed E-state index contributed by atoms with van der Waals surface area (Å²) in [4.78, 5) is 5.28. The molecule has 4 nitrogen and oxygen atoms in total. The number of hydrogen-bond donors (Lipinski definition) is 1. The van der Waals surface area contributed by atoms with Gasteiger partial charge in [0.1, 0.15) is 0 Å². The lowest BCUT2D eigenvalue weighted by molar-refractivity contribution is 0.0607. The van der Waals surface area contributed by atoms with Crippen LogP contribution in [-0.4, -0.2) is 47.6 Å². The molecule has 1 aromatic rings. The Bertz CT molecular complexity index is 366. The maximum Gasteiger partial charge on any atom is 0.0856 e. The van der Waals surface area contributed by atoms with Crippen LogP contribution in [-0.2, 0) is 16.1 Å². The minimum atomic E-state index is -0.0123. The second-order valence-corrected chi connectivity index (χ2v) is 5.73. The van der Waals surface area contributed by atoms with E-state index in [1.165, 1.54) is 0 Å². The highest BCUT2D eigenvalue weighted by Gasteiger charge is 2.04. The first kappa shape index (κ1) is 16.9. The largest absolute Gasteiger partial charge is 0.390 e. The Morgan fingerprint density at radius 2 is 2.00 bits per heavy atom. The molecule has 0 aliphatic carbocycles. The van der Waals surface area contributed by atoms with Crippen molar-refractivity contribution in [3.05, 3.63) is 23.5 Å². The molecule has 0 radical (unpaired) electrons. The summed E-state index contributed by atoms with van der Waals surface area (Å²) in [6.45, 7) is 4.65. The standard InChI is InChI=1S/C13H20BrNO3S/c1-11-12(10-16)15-4-2-13(11)19-9-8-18-7-6-17-5-3-14/h2,4,16H,3,5-10H2,1H3. The normalized spacial score (nSPS) is 10.9. The summed E-state index contributed by atoms with van der Waals surface area (Å²) in [5.74, 6) is 0.883. The molecular weight excluding hydrogens is 330 g/mol. The molecule has 19 heavy (non-hydrogen) atoms. The topological polar surface area (TPSA) is 51.6 Å². The number of hydrogen-bond acceptors (Lipinski definition) is 5. The van der Waals surface area contributed by atoms with E-state index < -0.39 is 0 Å². The first-order chi connectivity index (χ1) is 9.29. The number of aliphatic hydroxyl groups excluding tert-OH is 1. The van der Waals surface area contributed by atoms with E-state index in [0.717, 1.165) is 33.8 Å². The van der Waals surface area contributed by atoms with Gasteiger partial charge in [-0.2, -0.15) is 0 Å². The van der Waals surface area contributed by atoms with Crippen molar-refractivity contribution < 1.29 is 14.6 Å². The Balaban J connectivity index is 2.16. The number of thioether (sulfide) groups is 1. The Kier molecular flexibility index (Phi) is 9.46. The Hall–Kier alpha value is -0.140. The number of rotatable bonds is 10. The lowest BCUT2D eigenvalue weighted by Gasteiger charge is -2.09. The average molecular weight is 350 g/mol. The van der Waals surface area contributed by atoms with Gasteiger partial charge in [-0.25, -0.2) is 0 Å². The summed E-state index contributed by atoms with van der Waals surface area (Å²) >= 11 is 5.02. The van der Waals surface area contributed by atoms with Crippen LogP contribution in [0.1, 0.15) is 11.3 Å². The predicted octanol–water partition coefficient (Wildman–Crippen LogP) is 2.40. The van der Waals surface area contributed by atoms with Crippen molar-refractivity contribution in [1.82, 2.24) is 4.98 Å². The molecule has 0 amide bonds. The van der Waals surface area contributed by atoms with Crippen LogP contribution >= 0.6 is 27.7 Å². The van der Waals surface area contributed by atoms with Crippen LogP contribution in [0.25, 0.3) is 0 Å². The third-order valence-corrected chi connectivity index (χ3v) is 3.94. The van der Waals surface area contributed by atoms with Gasteiger partial charge in [0, 0.05) is 22.2 Å². The van der Waals surface area contributed by atoms with Gasteiger partial charge >= 0.3 is 0 Å². The van der Waals surface area contributed by atoms with E-state index in [2.05, 4.69) is 20.9 Å². The summed E-state index contributed by atoms with van der Waals surface area (Å²) in [6, 6.07) is 1.97. The zero-order valence-electron chi connectivity index (χ0n) is 11.1. The fourth-order valence-electron chi connectivity index (χ4n) is 1.46. The third-order valence-electron chi connectivity index (χ3n) is 2.49. The average Bonchev–Trinajstić information content (AvgIpc) is 2.43. The van der Waals surface area contributed by atoms with Crippen LogP contribution in [0.15, 0.2) is 17.2 Å². The van der Waals surface area contributed by atoms with E-state index in [-0.39, 0.29) is 6.61 Å². The highest BCUT2D eigenvalue weighted by molar-refractivity contribution is 9.09. The van der Waals surface area contributed by atoms with Crippen molar-refractivity contribution in [3.8, 4) is 0 Å². The van der Waals surface area contributed by atoms with Crippen LogP contribution in [0, 0.1) is 6.92 Å². The summed E-state index contributed by atoms with van der Waals surface area (Å²) in [6.07, 6.45) is 1.73. The SMILES string of the molecule is Cc1c(SCCOCCOCCBr)ccnc1CO. The fourth-order valence-corrected chi connectivity index (χ4v) is 2.60. The number of aromatic nitrogens is 1. The molecule has 0 aromatic carbocycles. The molecule has 1 N–H and O–H groups in total. The van der Waals surface area contributed by atoms with E-state index in [1.807, 2.05) is 13.0 Å². The molecule has 0 aliphatic rings. The molecule has 0 bridgehead atoms. The van der Waals surface area contributed by atoms with Crippen LogP contribution in [0.3, 0.4) is 0 Å². The Labute approximate surface area is 127 Å². The number of aliphatic hydroxyl groups is 1. The van der Waals surface area contributed by atoms with Gasteiger partial charge in [-0.3, -0.25) is 4.98 Å². The van der Waals surface area contributed by atoms with Gasteiger partial charge in [0.25, 0.3) is 0 Å². The summed E-state index contributed by atoms with van der Waals surface area (Å²) in [5, 5.41) is 10.0. The molecule has 0 saturated carbocycles. The van der Waals surface area contributed by atoms with Crippen molar-refractivity contribution in [3.63, 3.8) is 0 Å². The fraction of sp³-hybridized carbons (Fsp3) is 0.615. The predicted molar refractivity (Wildman–Crippen MR) is 81.1 cm³/mol. The molecule has 0 aliphatic heterocycles. The zero-order valence-corrected chi connectivity index (χ0v) is 13.5. The van der Waals surface area contributed by atoms with Crippen molar-refractivity contribution in [2.75, 3.05) is 37.5 Å². The van der Waals surface area contributed by atoms with E-state index >= 15 is 0 Å². The van der Waals surface area contributed by atoms with Gasteiger partial charge in [-0.1, -0.05) is 15.9 Å². The Morgan fingerprint density at radius 3 is 2.68 bits per heavy atom. The molecule has 0 spiro atoms. The molecule has 0 atom stereocenters. The Morgan fingerprint density at radius 1 is 1.26 bits per heavy atom. The van der Waals surface area contributed by atoms with Crippen molar-refractivity contribution in [2.24, 2.45) is 0 Å². The smallest absolute Gasteiger partial charge is 0.0856 e. The molecule has 0 fully saturated rings. The number of ether oxygens (including phenoxy) is 2. The van der Waals surface area contributed by atoms with Gasteiger partial charge < -0.3 is 14.6 Å². The molecule has 108 valence electrons. The number of nitrogens with zero attached hydrogens (tertiary/aromatic N) is 1. The maximum absolute atomic E-state index is 9.14. The molecular formula is C13H20BrNO3S. The molecule has 0 saturated heterocycles. The highest BCUT2D eigenvalue weighted by Crippen LogP contribution is 2.23. The molecule has 1 heterocycles. The van der Waals surface area contributed by atoms with E-state index in [4.69, 9.17) is 14.6 Å². The van der Waals surface area contributed by atoms with Crippen LogP contribution < -0.4 is 0 Å². The lowest BCUT2D eigenvalue weighted by Crippen LogP contribution is -2.07. The van der Waals surface area contributed by atoms with Gasteiger partial charge in [0.05, 0.1) is 38.7 Å². The molecule has 0 unspecified atom stereocenters. The minimum Gasteiger partial charge on any atom is -0.390 e. The van der Waals surface area contributed by atoms with E-state index in [9.17, 15) is 0 Å². The van der Waals surface area contributed by atoms with Gasteiger partial charge in [-0.05, 0) is 18.6 Å². The van der Waals surface area contributed by atoms with Crippen LogP contribution in [0.5, 0.6) is 0 Å². The van der Waals surface area contributed by atoms with Crippen molar-refractivity contribution >= 4 is 27.7 Å². The van der Waals surface area contributed by atoms with Crippen LogP contribution in [0.2, 0.25) is 0 Å². The second-order valence-electron chi connectivity index (χ2n) is 3.80. The van der Waals surface area contributed by atoms with Crippen LogP contribution in [0.4, 0.5) is 0 Å². The first-order valence-electron chi connectivity index (χ1n) is 6.19. The second kappa shape index (κ2) is 10.6. The van der Waals surface area contributed by atoms with Gasteiger partial charge in [0.2, 0.25) is 0 Å². The number of alkyl halides is 1. The summed E-state index contributed by atoms with van der Waals surface area (Å²) < 4.78 is 10.8. The number of pyridine rings is 1. The third kappa shape index (κ3) is 6.72. The maximum atomic E-state index is 9.14. The van der Waals surface area contributed by atoms with Crippen molar-refractivity contribution in [2.45, 2.75) is 18.4 Å². The van der Waals surface area contributed by atoms with Gasteiger partial charge in [0.15, 0.2) is 0 Å². The quantitative estimate of drug-likeness (QED) is 0.399. The van der Waals surface area contributed by atoms with Crippen molar-refractivity contribution in [1.29, 1.82) is 0 Å². The minimum absolute atomic E-state index is 0.0123.